The van der Waals surface area contributed by atoms with Crippen LogP contribution in [0.1, 0.15) is 50.7 Å². The SMILES string of the molecule is CCc1cccc(CC)c1NC(=O)CSc1nc2ccc(N3C(=O)[C@H]4CCCC[C@@H]4C3=O)cc2s1. The van der Waals surface area contributed by atoms with Gasteiger partial charge in [0.1, 0.15) is 0 Å². The zero-order chi connectivity index (χ0) is 24.5. The Morgan fingerprint density at radius 1 is 1.06 bits per heavy atom. The summed E-state index contributed by atoms with van der Waals surface area (Å²) in [6.45, 7) is 4.18. The van der Waals surface area contributed by atoms with Crippen molar-refractivity contribution in [1.82, 2.24) is 4.98 Å². The number of para-hydroxylation sites is 1. The highest BCUT2D eigenvalue weighted by Crippen LogP contribution is 2.41. The number of amides is 3. The van der Waals surface area contributed by atoms with Gasteiger partial charge >= 0.3 is 0 Å². The molecule has 0 spiro atoms. The number of carbonyl (C=O) groups excluding carboxylic acids is 3. The van der Waals surface area contributed by atoms with Crippen LogP contribution in [-0.4, -0.2) is 28.5 Å². The van der Waals surface area contributed by atoms with Gasteiger partial charge in [-0.05, 0) is 55.0 Å². The van der Waals surface area contributed by atoms with Crippen molar-refractivity contribution in [3.63, 3.8) is 0 Å². The fourth-order valence-electron chi connectivity index (χ4n) is 5.22. The molecule has 2 fully saturated rings. The molecule has 5 rings (SSSR count). The summed E-state index contributed by atoms with van der Waals surface area (Å²) in [6.07, 6.45) is 5.36. The molecule has 1 aromatic heterocycles. The van der Waals surface area contributed by atoms with E-state index in [0.717, 1.165) is 69.9 Å². The number of anilines is 2. The Morgan fingerprint density at radius 3 is 2.34 bits per heavy atom. The smallest absolute Gasteiger partial charge is 0.237 e. The number of thiazole rings is 1. The summed E-state index contributed by atoms with van der Waals surface area (Å²) in [7, 11) is 0. The minimum absolute atomic E-state index is 0.0542. The molecule has 182 valence electrons. The van der Waals surface area contributed by atoms with E-state index < -0.39 is 0 Å². The van der Waals surface area contributed by atoms with Crippen molar-refractivity contribution in [2.75, 3.05) is 16.0 Å². The highest BCUT2D eigenvalue weighted by Gasteiger charge is 2.48. The van der Waals surface area contributed by atoms with Gasteiger partial charge in [0.05, 0.1) is 33.5 Å². The molecule has 1 aliphatic heterocycles. The summed E-state index contributed by atoms with van der Waals surface area (Å²) in [4.78, 5) is 44.7. The zero-order valence-electron chi connectivity index (χ0n) is 20.0. The Morgan fingerprint density at radius 2 is 1.71 bits per heavy atom. The molecule has 8 heteroatoms. The van der Waals surface area contributed by atoms with Gasteiger partial charge in [-0.3, -0.25) is 19.3 Å². The molecule has 2 heterocycles. The standard InChI is InChI=1S/C27H29N3O3S2/c1-3-16-8-7-9-17(4-2)24(16)29-23(31)15-34-27-28-21-13-12-18(14-22(21)35-27)30-25(32)19-10-5-6-11-20(19)26(30)33/h7-9,12-14,19-20H,3-6,10-11,15H2,1-2H3,(H,29,31)/t19-,20-/m0/s1. The number of nitrogens with one attached hydrogen (secondary N) is 1. The van der Waals surface area contributed by atoms with E-state index in [1.807, 2.05) is 24.3 Å². The van der Waals surface area contributed by atoms with Crippen molar-refractivity contribution in [2.45, 2.75) is 56.7 Å². The largest absolute Gasteiger partial charge is 0.325 e. The Bertz CT molecular complexity index is 1260. The van der Waals surface area contributed by atoms with Gasteiger partial charge in [-0.15, -0.1) is 11.3 Å². The number of hydrogen-bond donors (Lipinski definition) is 1. The normalized spacial score (nSPS) is 19.9. The number of thioether (sulfide) groups is 1. The van der Waals surface area contributed by atoms with Crippen LogP contribution in [0.3, 0.4) is 0 Å². The molecule has 0 bridgehead atoms. The molecule has 3 aromatic rings. The summed E-state index contributed by atoms with van der Waals surface area (Å²) in [5.74, 6) is -0.239. The minimum atomic E-state index is -0.163. The Kier molecular flexibility index (Phi) is 6.93. The number of imide groups is 1. The van der Waals surface area contributed by atoms with Gasteiger partial charge in [0.25, 0.3) is 0 Å². The van der Waals surface area contributed by atoms with Crippen LogP contribution in [0.4, 0.5) is 11.4 Å². The summed E-state index contributed by atoms with van der Waals surface area (Å²) < 4.78 is 1.70. The first-order valence-electron chi connectivity index (χ1n) is 12.3. The van der Waals surface area contributed by atoms with E-state index in [2.05, 4.69) is 36.3 Å². The van der Waals surface area contributed by atoms with E-state index in [4.69, 9.17) is 0 Å². The van der Waals surface area contributed by atoms with Crippen LogP contribution in [-0.2, 0) is 27.2 Å². The van der Waals surface area contributed by atoms with Gasteiger partial charge in [0, 0.05) is 5.69 Å². The molecule has 2 aliphatic rings. The van der Waals surface area contributed by atoms with E-state index in [0.29, 0.717) is 5.69 Å². The molecule has 1 aliphatic carbocycles. The van der Waals surface area contributed by atoms with E-state index in [1.54, 1.807) is 0 Å². The fourth-order valence-corrected chi connectivity index (χ4v) is 7.12. The fraction of sp³-hybridized carbons (Fsp3) is 0.407. The lowest BCUT2D eigenvalue weighted by molar-refractivity contribution is -0.122. The minimum Gasteiger partial charge on any atom is -0.325 e. The molecule has 1 saturated carbocycles. The van der Waals surface area contributed by atoms with Crippen molar-refractivity contribution < 1.29 is 14.4 Å². The van der Waals surface area contributed by atoms with Gasteiger partial charge in [-0.1, -0.05) is 56.7 Å². The molecule has 2 aromatic carbocycles. The van der Waals surface area contributed by atoms with Crippen molar-refractivity contribution in [1.29, 1.82) is 0 Å². The van der Waals surface area contributed by atoms with Gasteiger partial charge in [0.2, 0.25) is 17.7 Å². The lowest BCUT2D eigenvalue weighted by atomic mass is 9.81. The highest BCUT2D eigenvalue weighted by molar-refractivity contribution is 8.01. The quantitative estimate of drug-likeness (QED) is 0.321. The Balaban J connectivity index is 1.29. The average Bonchev–Trinajstić information content (AvgIpc) is 3.40. The van der Waals surface area contributed by atoms with Crippen LogP contribution in [0.15, 0.2) is 40.7 Å². The van der Waals surface area contributed by atoms with E-state index in [1.165, 1.54) is 28.0 Å². The third-order valence-electron chi connectivity index (χ3n) is 7.04. The number of benzene rings is 2. The maximum absolute atomic E-state index is 13.0. The van der Waals surface area contributed by atoms with Crippen LogP contribution in [0.2, 0.25) is 0 Å². The zero-order valence-corrected chi connectivity index (χ0v) is 21.6. The van der Waals surface area contributed by atoms with Crippen molar-refractivity contribution in [3.05, 3.63) is 47.5 Å². The predicted octanol–water partition coefficient (Wildman–Crippen LogP) is 5.83. The molecule has 2 atom stereocenters. The Hall–Kier alpha value is -2.71. The second-order valence-corrected chi connectivity index (χ2v) is 11.4. The summed E-state index contributed by atoms with van der Waals surface area (Å²) in [5, 5.41) is 3.10. The molecule has 3 amide bonds. The van der Waals surface area contributed by atoms with Gasteiger partial charge in [-0.25, -0.2) is 4.98 Å². The van der Waals surface area contributed by atoms with E-state index in [-0.39, 0.29) is 35.3 Å². The van der Waals surface area contributed by atoms with Gasteiger partial charge in [0.15, 0.2) is 4.34 Å². The first-order chi connectivity index (χ1) is 17.0. The van der Waals surface area contributed by atoms with Crippen LogP contribution < -0.4 is 10.2 Å². The second kappa shape index (κ2) is 10.1. The average molecular weight is 508 g/mol. The first-order valence-corrected chi connectivity index (χ1v) is 14.1. The molecular formula is C27H29N3O3S2. The second-order valence-electron chi connectivity index (χ2n) is 9.14. The number of hydrogen-bond acceptors (Lipinski definition) is 6. The molecule has 0 radical (unpaired) electrons. The maximum Gasteiger partial charge on any atom is 0.237 e. The first kappa shape index (κ1) is 24.0. The molecule has 1 saturated heterocycles. The molecule has 35 heavy (non-hydrogen) atoms. The van der Waals surface area contributed by atoms with Crippen molar-refractivity contribution in [2.24, 2.45) is 11.8 Å². The van der Waals surface area contributed by atoms with E-state index >= 15 is 0 Å². The number of fused-ring (bicyclic) bond motifs is 2. The summed E-state index contributed by atoms with van der Waals surface area (Å²) in [5.41, 5.74) is 4.64. The van der Waals surface area contributed by atoms with E-state index in [9.17, 15) is 14.4 Å². The Labute approximate surface area is 213 Å². The maximum atomic E-state index is 13.0. The molecule has 1 N–H and O–H groups in total. The lowest BCUT2D eigenvalue weighted by Gasteiger charge is -2.19. The summed E-state index contributed by atoms with van der Waals surface area (Å²) >= 11 is 2.89. The summed E-state index contributed by atoms with van der Waals surface area (Å²) in [6, 6.07) is 11.7. The third-order valence-corrected chi connectivity index (χ3v) is 9.20. The predicted molar refractivity (Wildman–Crippen MR) is 142 cm³/mol. The highest BCUT2D eigenvalue weighted by atomic mass is 32.2. The van der Waals surface area contributed by atoms with Gasteiger partial charge < -0.3 is 5.32 Å². The number of nitrogens with zero attached hydrogens (tertiary/aromatic N) is 2. The van der Waals surface area contributed by atoms with Crippen LogP contribution in [0, 0.1) is 11.8 Å². The molecular weight excluding hydrogens is 478 g/mol. The third kappa shape index (κ3) is 4.61. The lowest BCUT2D eigenvalue weighted by Crippen LogP contribution is -2.30. The van der Waals surface area contributed by atoms with Crippen LogP contribution in [0.25, 0.3) is 10.2 Å². The molecule has 0 unspecified atom stereocenters. The topological polar surface area (TPSA) is 79.4 Å². The number of aromatic nitrogens is 1. The number of aryl methyl sites for hydroxylation is 2. The number of rotatable bonds is 7. The van der Waals surface area contributed by atoms with Crippen molar-refractivity contribution in [3.8, 4) is 0 Å². The monoisotopic (exact) mass is 507 g/mol. The van der Waals surface area contributed by atoms with Crippen LogP contribution in [0.5, 0.6) is 0 Å². The number of carbonyl (C=O) groups is 3. The van der Waals surface area contributed by atoms with Crippen molar-refractivity contribution >= 4 is 62.4 Å². The van der Waals surface area contributed by atoms with Crippen LogP contribution >= 0.6 is 23.1 Å². The van der Waals surface area contributed by atoms with Gasteiger partial charge in [-0.2, -0.15) is 0 Å². The molecule has 6 nitrogen and oxygen atoms in total.